The number of ether oxygens (including phenoxy) is 1. The number of nitrogens with two attached hydrogens (primary N) is 1. The number of urea groups is 1. The van der Waals surface area contributed by atoms with Gasteiger partial charge in [0.15, 0.2) is 0 Å². The van der Waals surface area contributed by atoms with E-state index in [4.69, 9.17) is 10.5 Å². The van der Waals surface area contributed by atoms with Gasteiger partial charge in [-0.2, -0.15) is 0 Å². The zero-order chi connectivity index (χ0) is 18.4. The summed E-state index contributed by atoms with van der Waals surface area (Å²) in [5, 5.41) is 5.63. The molecule has 1 heterocycles. The van der Waals surface area contributed by atoms with Crippen molar-refractivity contribution in [3.63, 3.8) is 0 Å². The molecule has 1 aromatic carbocycles. The minimum atomic E-state index is -0.619. The van der Waals surface area contributed by atoms with E-state index in [0.29, 0.717) is 17.8 Å². The van der Waals surface area contributed by atoms with E-state index in [1.165, 1.54) is 19.3 Å². The lowest BCUT2D eigenvalue weighted by Crippen LogP contribution is -2.59. The van der Waals surface area contributed by atoms with E-state index in [-0.39, 0.29) is 11.4 Å². The molecule has 0 aromatic heterocycles. The Hall–Kier alpha value is -2.12. The molecule has 4 N–H and O–H groups in total. The minimum Gasteiger partial charge on any atom is -0.379 e. The topological polar surface area (TPSA) is 96.7 Å². The number of benzene rings is 1. The number of nitrogens with one attached hydrogen (secondary N) is 2. The maximum Gasteiger partial charge on any atom is 0.316 e. The van der Waals surface area contributed by atoms with Crippen molar-refractivity contribution in [2.24, 2.45) is 5.73 Å². The highest BCUT2D eigenvalue weighted by Crippen LogP contribution is 2.34. The second kappa shape index (κ2) is 8.51. The van der Waals surface area contributed by atoms with Crippen LogP contribution in [0.4, 0.5) is 10.5 Å². The quantitative estimate of drug-likeness (QED) is 0.748. The molecule has 7 heteroatoms. The van der Waals surface area contributed by atoms with E-state index in [9.17, 15) is 9.59 Å². The molecule has 1 aromatic rings. The summed E-state index contributed by atoms with van der Waals surface area (Å²) in [6.07, 6.45) is 5.93. The van der Waals surface area contributed by atoms with Crippen molar-refractivity contribution >= 4 is 17.6 Å². The number of carbonyl (C=O) groups is 2. The summed E-state index contributed by atoms with van der Waals surface area (Å²) in [5.41, 5.74) is 6.29. The Morgan fingerprint density at radius 3 is 2.35 bits per heavy atom. The maximum atomic E-state index is 12.6. The molecule has 3 rings (SSSR count). The first-order chi connectivity index (χ1) is 12.6. The predicted octanol–water partition coefficient (Wildman–Crippen LogP) is 1.94. The molecule has 0 spiro atoms. The number of morpholine rings is 1. The van der Waals surface area contributed by atoms with Crippen molar-refractivity contribution in [2.75, 3.05) is 38.2 Å². The molecule has 0 unspecified atom stereocenters. The van der Waals surface area contributed by atoms with Gasteiger partial charge in [-0.1, -0.05) is 19.3 Å². The van der Waals surface area contributed by atoms with E-state index in [1.807, 2.05) is 0 Å². The van der Waals surface area contributed by atoms with Gasteiger partial charge >= 0.3 is 6.03 Å². The number of nitrogens with zero attached hydrogens (tertiary/aromatic N) is 1. The summed E-state index contributed by atoms with van der Waals surface area (Å²) in [4.78, 5) is 26.0. The molecule has 0 bridgehead atoms. The van der Waals surface area contributed by atoms with Crippen molar-refractivity contribution < 1.29 is 14.3 Å². The zero-order valence-electron chi connectivity index (χ0n) is 15.1. The number of hydrogen-bond donors (Lipinski definition) is 3. The third-order valence-corrected chi connectivity index (χ3v) is 5.46. The molecule has 0 radical (unpaired) electrons. The summed E-state index contributed by atoms with van der Waals surface area (Å²) >= 11 is 0. The Morgan fingerprint density at radius 1 is 1.08 bits per heavy atom. The number of anilines is 1. The van der Waals surface area contributed by atoms with E-state index < -0.39 is 6.03 Å². The number of rotatable bonds is 5. The van der Waals surface area contributed by atoms with E-state index in [0.717, 1.165) is 39.1 Å². The lowest BCUT2D eigenvalue weighted by molar-refractivity contribution is -0.0361. The highest BCUT2D eigenvalue weighted by molar-refractivity contribution is 5.95. The van der Waals surface area contributed by atoms with Crippen molar-refractivity contribution in [1.82, 2.24) is 10.2 Å². The van der Waals surface area contributed by atoms with Crippen molar-refractivity contribution in [2.45, 2.75) is 37.6 Å². The Labute approximate surface area is 154 Å². The molecule has 1 saturated carbocycles. The van der Waals surface area contributed by atoms with Gasteiger partial charge in [0.1, 0.15) is 0 Å². The van der Waals surface area contributed by atoms with Crippen LogP contribution in [0.3, 0.4) is 0 Å². The average Bonchev–Trinajstić information content (AvgIpc) is 2.68. The molecule has 0 atom stereocenters. The second-order valence-corrected chi connectivity index (χ2v) is 7.13. The van der Waals surface area contributed by atoms with Crippen LogP contribution in [0.15, 0.2) is 24.3 Å². The highest BCUT2D eigenvalue weighted by atomic mass is 16.5. The molecule has 1 saturated heterocycles. The summed E-state index contributed by atoms with van der Waals surface area (Å²) < 4.78 is 5.50. The molecular formula is C19H28N4O3. The van der Waals surface area contributed by atoms with Gasteiger partial charge in [-0.05, 0) is 37.1 Å². The van der Waals surface area contributed by atoms with Gasteiger partial charge in [-0.3, -0.25) is 9.69 Å². The first kappa shape index (κ1) is 18.7. The van der Waals surface area contributed by atoms with Crippen LogP contribution in [-0.2, 0) is 4.74 Å². The zero-order valence-corrected chi connectivity index (χ0v) is 15.1. The van der Waals surface area contributed by atoms with Crippen molar-refractivity contribution in [1.29, 1.82) is 0 Å². The Bertz CT molecular complexity index is 620. The van der Waals surface area contributed by atoms with Crippen LogP contribution in [0.2, 0.25) is 0 Å². The van der Waals surface area contributed by atoms with E-state index in [2.05, 4.69) is 15.5 Å². The normalized spacial score (nSPS) is 20.3. The van der Waals surface area contributed by atoms with Crippen LogP contribution >= 0.6 is 0 Å². The molecule has 2 fully saturated rings. The van der Waals surface area contributed by atoms with Crippen LogP contribution in [0, 0.1) is 0 Å². The smallest absolute Gasteiger partial charge is 0.316 e. The van der Waals surface area contributed by atoms with Gasteiger partial charge in [0.05, 0.1) is 13.2 Å². The van der Waals surface area contributed by atoms with Crippen LogP contribution in [0.5, 0.6) is 0 Å². The lowest BCUT2D eigenvalue weighted by Gasteiger charge is -2.48. The molecule has 3 amide bonds. The fraction of sp³-hybridized carbons (Fsp3) is 0.579. The van der Waals surface area contributed by atoms with E-state index in [1.54, 1.807) is 24.3 Å². The van der Waals surface area contributed by atoms with Crippen LogP contribution in [-0.4, -0.2) is 55.2 Å². The molecular weight excluding hydrogens is 332 g/mol. The molecule has 1 aliphatic heterocycles. The lowest BCUT2D eigenvalue weighted by atomic mass is 9.79. The van der Waals surface area contributed by atoms with Gasteiger partial charge in [0.25, 0.3) is 5.91 Å². The fourth-order valence-corrected chi connectivity index (χ4v) is 4.05. The molecule has 2 aliphatic rings. The monoisotopic (exact) mass is 360 g/mol. The summed E-state index contributed by atoms with van der Waals surface area (Å²) in [6.45, 7) is 4.06. The van der Waals surface area contributed by atoms with Gasteiger partial charge in [-0.15, -0.1) is 0 Å². The summed E-state index contributed by atoms with van der Waals surface area (Å²) in [7, 11) is 0. The molecule has 26 heavy (non-hydrogen) atoms. The summed E-state index contributed by atoms with van der Waals surface area (Å²) in [5.74, 6) is -0.0890. The maximum absolute atomic E-state index is 12.6. The Morgan fingerprint density at radius 2 is 1.73 bits per heavy atom. The van der Waals surface area contributed by atoms with Crippen LogP contribution in [0.25, 0.3) is 0 Å². The minimum absolute atomic E-state index is 0.0468. The van der Waals surface area contributed by atoms with Gasteiger partial charge in [-0.25, -0.2) is 4.79 Å². The Kier molecular flexibility index (Phi) is 6.11. The van der Waals surface area contributed by atoms with Crippen molar-refractivity contribution in [3.05, 3.63) is 29.8 Å². The largest absolute Gasteiger partial charge is 0.379 e. The third kappa shape index (κ3) is 4.53. The second-order valence-electron chi connectivity index (χ2n) is 7.13. The van der Waals surface area contributed by atoms with Gasteiger partial charge < -0.3 is 21.1 Å². The van der Waals surface area contributed by atoms with E-state index >= 15 is 0 Å². The standard InChI is InChI=1S/C19H28N4O3/c20-18(25)22-16-6-4-15(5-7-16)17(24)21-14-19(8-2-1-3-9-19)23-10-12-26-13-11-23/h4-7H,1-3,8-14H2,(H,21,24)(H3,20,22,25). The first-order valence-electron chi connectivity index (χ1n) is 9.37. The third-order valence-electron chi connectivity index (χ3n) is 5.46. The number of carbonyl (C=O) groups excluding carboxylic acids is 2. The first-order valence-corrected chi connectivity index (χ1v) is 9.37. The van der Waals surface area contributed by atoms with Crippen molar-refractivity contribution in [3.8, 4) is 0 Å². The summed E-state index contributed by atoms with van der Waals surface area (Å²) in [6, 6.07) is 6.13. The molecule has 1 aliphatic carbocycles. The molecule has 7 nitrogen and oxygen atoms in total. The number of hydrogen-bond acceptors (Lipinski definition) is 4. The number of primary amides is 1. The fourth-order valence-electron chi connectivity index (χ4n) is 4.05. The highest BCUT2D eigenvalue weighted by Gasteiger charge is 2.38. The average molecular weight is 360 g/mol. The van der Waals surface area contributed by atoms with Gasteiger partial charge in [0, 0.05) is 36.4 Å². The SMILES string of the molecule is NC(=O)Nc1ccc(C(=O)NCC2(N3CCOCC3)CCCCC2)cc1. The predicted molar refractivity (Wildman–Crippen MR) is 100 cm³/mol. The van der Waals surface area contributed by atoms with Crippen LogP contribution in [0.1, 0.15) is 42.5 Å². The Balaban J connectivity index is 1.62. The number of amides is 3. The van der Waals surface area contributed by atoms with Gasteiger partial charge in [0.2, 0.25) is 0 Å². The van der Waals surface area contributed by atoms with Crippen LogP contribution < -0.4 is 16.4 Å². The molecule has 142 valence electrons.